The van der Waals surface area contributed by atoms with E-state index in [9.17, 15) is 10.5 Å². The molecule has 0 aliphatic rings. The van der Waals surface area contributed by atoms with Crippen LogP contribution in [0.15, 0.2) is 53.5 Å². The third kappa shape index (κ3) is 1.92. The summed E-state index contributed by atoms with van der Waals surface area (Å²) in [6, 6.07) is 18.9. The van der Waals surface area contributed by atoms with Crippen molar-refractivity contribution in [3.05, 3.63) is 70.4 Å². The van der Waals surface area contributed by atoms with E-state index in [0.717, 1.165) is 43.1 Å². The van der Waals surface area contributed by atoms with Crippen LogP contribution in [-0.4, -0.2) is 0 Å². The number of nitrogens with one attached hydrogen (secondary N) is 1. The van der Waals surface area contributed by atoms with Gasteiger partial charge in [0.2, 0.25) is 6.19 Å². The molecule has 5 heteroatoms. The Morgan fingerprint density at radius 1 is 0.607 bits per heavy atom. The molecule has 0 bridgehead atoms. The molecule has 5 nitrogen and oxygen atoms in total. The van der Waals surface area contributed by atoms with E-state index < -0.39 is 0 Å². The van der Waals surface area contributed by atoms with Crippen LogP contribution >= 0.6 is 0 Å². The average molecular weight is 355 g/mol. The van der Waals surface area contributed by atoms with Crippen LogP contribution in [-0.2, 0) is 0 Å². The number of benzene rings is 3. The van der Waals surface area contributed by atoms with Gasteiger partial charge in [0.05, 0.1) is 34.0 Å². The normalized spacial score (nSPS) is 11.8. The Kier molecular flexibility index (Phi) is 3.07. The van der Waals surface area contributed by atoms with E-state index in [-0.39, 0.29) is 0 Å². The Labute approximate surface area is 158 Å². The molecule has 0 saturated carbocycles. The lowest BCUT2D eigenvalue weighted by Gasteiger charge is -1.96. The number of hydrogen-bond donors (Lipinski definition) is 1. The first-order chi connectivity index (χ1) is 13.7. The number of fused-ring (bicyclic) bond motifs is 6. The Hall–Kier alpha value is -4.53. The van der Waals surface area contributed by atoms with E-state index in [2.05, 4.69) is 17.1 Å². The maximum Gasteiger partial charge on any atom is 0.206 e. The van der Waals surface area contributed by atoms with Gasteiger partial charge in [-0.3, -0.25) is 5.41 Å². The fraction of sp³-hybridized carbons (Fsp3) is 0. The molecule has 0 spiro atoms. The van der Waals surface area contributed by atoms with Gasteiger partial charge in [0.15, 0.2) is 0 Å². The average Bonchev–Trinajstić information content (AvgIpc) is 3.18. The Morgan fingerprint density at radius 3 is 1.75 bits per heavy atom. The molecule has 0 fully saturated rings. The quantitative estimate of drug-likeness (QED) is 0.427. The minimum absolute atomic E-state index is 0.356. The number of nitrogens with zero attached hydrogens (tertiary/aromatic N) is 4. The monoisotopic (exact) mass is 355 g/mol. The zero-order valence-electron chi connectivity index (χ0n) is 14.4. The summed E-state index contributed by atoms with van der Waals surface area (Å²) in [5.74, 6) is 0. The smallest absolute Gasteiger partial charge is 0.206 e. The molecule has 0 saturated heterocycles. The molecular formula is C23H9N5. The second kappa shape index (κ2) is 5.48. The van der Waals surface area contributed by atoms with Crippen LogP contribution in [0.3, 0.4) is 0 Å². The van der Waals surface area contributed by atoms with Crippen LogP contribution in [0.2, 0.25) is 0 Å². The highest BCUT2D eigenvalue weighted by atomic mass is 14.7. The van der Waals surface area contributed by atoms with E-state index in [1.807, 2.05) is 30.5 Å². The van der Waals surface area contributed by atoms with Crippen LogP contribution in [0.4, 0.5) is 0 Å². The van der Waals surface area contributed by atoms with Crippen molar-refractivity contribution in [2.75, 3.05) is 0 Å². The second-order valence-electron chi connectivity index (χ2n) is 6.62. The fourth-order valence-electron chi connectivity index (χ4n) is 4.01. The van der Waals surface area contributed by atoms with Crippen molar-refractivity contribution in [2.24, 2.45) is 4.99 Å². The summed E-state index contributed by atoms with van der Waals surface area (Å²) in [7, 11) is 0. The molecule has 0 heterocycles. The van der Waals surface area contributed by atoms with E-state index in [0.29, 0.717) is 21.8 Å². The fourth-order valence-corrected chi connectivity index (χ4v) is 4.01. The van der Waals surface area contributed by atoms with E-state index >= 15 is 0 Å². The molecule has 126 valence electrons. The summed E-state index contributed by atoms with van der Waals surface area (Å²) < 4.78 is 0. The van der Waals surface area contributed by atoms with E-state index in [1.54, 1.807) is 24.3 Å². The van der Waals surface area contributed by atoms with E-state index in [4.69, 9.17) is 10.7 Å². The lowest BCUT2D eigenvalue weighted by molar-refractivity contribution is 1.35. The van der Waals surface area contributed by atoms with Gasteiger partial charge in [0.25, 0.3) is 0 Å². The van der Waals surface area contributed by atoms with Gasteiger partial charge in [0.1, 0.15) is 0 Å². The van der Waals surface area contributed by atoms with Crippen molar-refractivity contribution in [3.8, 4) is 18.3 Å². The summed E-state index contributed by atoms with van der Waals surface area (Å²) >= 11 is 0. The van der Waals surface area contributed by atoms with Gasteiger partial charge < -0.3 is 0 Å². The molecule has 0 aliphatic carbocycles. The van der Waals surface area contributed by atoms with Crippen molar-refractivity contribution in [1.29, 1.82) is 21.2 Å². The zero-order valence-corrected chi connectivity index (χ0v) is 14.4. The highest BCUT2D eigenvalue weighted by molar-refractivity contribution is 6.21. The molecule has 5 aromatic rings. The largest absolute Gasteiger partial charge is 0.300 e. The number of nitriles is 3. The molecule has 0 unspecified atom stereocenters. The van der Waals surface area contributed by atoms with Gasteiger partial charge in [-0.1, -0.05) is 12.1 Å². The predicted molar refractivity (Wildman–Crippen MR) is 105 cm³/mol. The first-order valence-corrected chi connectivity index (χ1v) is 8.50. The Bertz CT molecular complexity index is 1710. The van der Waals surface area contributed by atoms with Crippen molar-refractivity contribution in [1.82, 2.24) is 0 Å². The summed E-state index contributed by atoms with van der Waals surface area (Å²) in [6.07, 6.45) is 1.86. The first-order valence-electron chi connectivity index (χ1n) is 8.50. The van der Waals surface area contributed by atoms with Crippen LogP contribution in [0.5, 0.6) is 0 Å². The molecule has 0 radical (unpaired) electrons. The molecule has 0 aliphatic heterocycles. The maximum absolute atomic E-state index is 9.22. The third-order valence-corrected chi connectivity index (χ3v) is 5.25. The zero-order chi connectivity index (χ0) is 19.4. The number of hydrogen-bond acceptors (Lipinski definition) is 5. The summed E-state index contributed by atoms with van der Waals surface area (Å²) in [5, 5.41) is 43.7. The molecule has 5 rings (SSSR count). The lowest BCUT2D eigenvalue weighted by atomic mass is 10.1. The highest BCUT2D eigenvalue weighted by Crippen LogP contribution is 2.32. The SMILES string of the molecule is N#CN=c1c2cc(C#N)ccc2c2cc3c(cc12)c(=N)c1cc(C#N)ccc13. The van der Waals surface area contributed by atoms with Gasteiger partial charge >= 0.3 is 0 Å². The minimum Gasteiger partial charge on any atom is -0.300 e. The Morgan fingerprint density at radius 2 is 1.11 bits per heavy atom. The van der Waals surface area contributed by atoms with Crippen LogP contribution in [0.25, 0.3) is 43.1 Å². The highest BCUT2D eigenvalue weighted by Gasteiger charge is 2.15. The molecule has 5 aromatic carbocycles. The van der Waals surface area contributed by atoms with Gasteiger partial charge in [0, 0.05) is 21.5 Å². The third-order valence-electron chi connectivity index (χ3n) is 5.25. The first kappa shape index (κ1) is 15.7. The van der Waals surface area contributed by atoms with Crippen LogP contribution < -0.4 is 10.7 Å². The van der Waals surface area contributed by atoms with Crippen LogP contribution in [0, 0.1) is 39.5 Å². The van der Waals surface area contributed by atoms with Crippen molar-refractivity contribution in [3.63, 3.8) is 0 Å². The van der Waals surface area contributed by atoms with Gasteiger partial charge in [-0.05, 0) is 57.9 Å². The van der Waals surface area contributed by atoms with Gasteiger partial charge in [-0.2, -0.15) is 20.8 Å². The topological polar surface area (TPSA) is 108 Å². The minimum atomic E-state index is 0.356. The van der Waals surface area contributed by atoms with Gasteiger partial charge in [-0.25, -0.2) is 0 Å². The molecular weight excluding hydrogens is 346 g/mol. The summed E-state index contributed by atoms with van der Waals surface area (Å²) in [5.41, 5.74) is 1.02. The predicted octanol–water partition coefficient (Wildman–Crippen LogP) is 3.78. The summed E-state index contributed by atoms with van der Waals surface area (Å²) in [4.78, 5) is 4.01. The maximum atomic E-state index is 9.22. The van der Waals surface area contributed by atoms with Crippen molar-refractivity contribution < 1.29 is 0 Å². The van der Waals surface area contributed by atoms with Crippen LogP contribution in [0.1, 0.15) is 11.1 Å². The molecule has 28 heavy (non-hydrogen) atoms. The van der Waals surface area contributed by atoms with Crippen molar-refractivity contribution >= 4 is 43.1 Å². The standard InChI is InChI=1S/C23H9N5/c24-9-12-1-3-14-16-7-17-15-4-2-13(10-25)6-20(15)23(28-11-26)21(17)8-19(16)22(27)18(14)5-12/h1-8,27H. The molecule has 0 atom stereocenters. The van der Waals surface area contributed by atoms with Crippen molar-refractivity contribution in [2.45, 2.75) is 0 Å². The second-order valence-corrected chi connectivity index (χ2v) is 6.62. The number of rotatable bonds is 0. The lowest BCUT2D eigenvalue weighted by Crippen LogP contribution is -1.99. The molecule has 1 N–H and O–H groups in total. The molecule has 0 amide bonds. The summed E-state index contributed by atoms with van der Waals surface area (Å²) in [6.45, 7) is 0. The van der Waals surface area contributed by atoms with Gasteiger partial charge in [-0.15, -0.1) is 0 Å². The molecule has 0 aromatic heterocycles. The van der Waals surface area contributed by atoms with E-state index in [1.165, 1.54) is 0 Å². The Balaban J connectivity index is 2.06.